The molecule has 1 nitrogen and oxygen atoms in total. The molecule has 0 aromatic heterocycles. The molecule has 1 aliphatic heterocycles. The van der Waals surface area contributed by atoms with Crippen LogP contribution in [-0.4, -0.2) is 12.6 Å². The van der Waals surface area contributed by atoms with Crippen molar-refractivity contribution >= 4 is 17.3 Å². The topological polar surface area (TPSA) is 3.24 Å². The minimum Gasteiger partial charge on any atom is -0.368 e. The predicted molar refractivity (Wildman–Crippen MR) is 75.9 cm³/mol. The quantitative estimate of drug-likeness (QED) is 0.715. The Kier molecular flexibility index (Phi) is 4.87. The summed E-state index contributed by atoms with van der Waals surface area (Å²) in [5.41, 5.74) is 1.66. The fourth-order valence-electron chi connectivity index (χ4n) is 2.90. The summed E-state index contributed by atoms with van der Waals surface area (Å²) in [7, 11) is 0. The van der Waals surface area contributed by atoms with Gasteiger partial charge in [0.2, 0.25) is 0 Å². The van der Waals surface area contributed by atoms with Gasteiger partial charge in [-0.2, -0.15) is 0 Å². The van der Waals surface area contributed by atoms with Gasteiger partial charge in [0.05, 0.1) is 5.88 Å². The van der Waals surface area contributed by atoms with Gasteiger partial charge in [0.25, 0.3) is 0 Å². The Labute approximate surface area is 114 Å². The maximum absolute atomic E-state index is 13.8. The fraction of sp³-hybridized carbons (Fsp3) is 0.600. The zero-order valence-electron chi connectivity index (χ0n) is 11.0. The van der Waals surface area contributed by atoms with E-state index in [4.69, 9.17) is 11.6 Å². The van der Waals surface area contributed by atoms with Crippen LogP contribution in [0.3, 0.4) is 0 Å². The Morgan fingerprint density at radius 2 is 2.22 bits per heavy atom. The normalized spacial score (nSPS) is 20.2. The average Bonchev–Trinajstić information content (AvgIpc) is 2.39. The van der Waals surface area contributed by atoms with Crippen LogP contribution in [0.2, 0.25) is 0 Å². The van der Waals surface area contributed by atoms with Crippen molar-refractivity contribution in [2.45, 2.75) is 50.9 Å². The van der Waals surface area contributed by atoms with Crippen molar-refractivity contribution in [2.75, 3.05) is 11.4 Å². The molecule has 0 saturated carbocycles. The SMILES string of the molecule is CCCC1CCCCN1c1cccc(F)c1CCl. The van der Waals surface area contributed by atoms with E-state index in [1.807, 2.05) is 6.07 Å². The van der Waals surface area contributed by atoms with Crippen LogP contribution in [0.25, 0.3) is 0 Å². The molecular weight excluding hydrogens is 249 g/mol. The molecule has 0 N–H and O–H groups in total. The zero-order valence-corrected chi connectivity index (χ0v) is 11.7. The monoisotopic (exact) mass is 269 g/mol. The lowest BCUT2D eigenvalue weighted by molar-refractivity contribution is 0.433. The van der Waals surface area contributed by atoms with E-state index in [1.54, 1.807) is 6.07 Å². The smallest absolute Gasteiger partial charge is 0.129 e. The van der Waals surface area contributed by atoms with Crippen LogP contribution >= 0.6 is 11.6 Å². The molecule has 1 fully saturated rings. The van der Waals surface area contributed by atoms with Gasteiger partial charge in [-0.25, -0.2) is 4.39 Å². The summed E-state index contributed by atoms with van der Waals surface area (Å²) in [6.45, 7) is 3.23. The second-order valence-corrected chi connectivity index (χ2v) is 5.27. The molecule has 1 aromatic rings. The molecule has 0 radical (unpaired) electrons. The maximum Gasteiger partial charge on any atom is 0.129 e. The number of nitrogens with zero attached hydrogens (tertiary/aromatic N) is 1. The molecule has 1 aliphatic rings. The third kappa shape index (κ3) is 2.80. The maximum atomic E-state index is 13.8. The van der Waals surface area contributed by atoms with Gasteiger partial charge in [0, 0.05) is 23.8 Å². The second-order valence-electron chi connectivity index (χ2n) is 5.00. The molecule has 0 bridgehead atoms. The van der Waals surface area contributed by atoms with Crippen LogP contribution in [0.15, 0.2) is 18.2 Å². The molecule has 0 amide bonds. The summed E-state index contributed by atoms with van der Waals surface area (Å²) in [5, 5.41) is 0. The van der Waals surface area contributed by atoms with Crippen molar-refractivity contribution in [3.05, 3.63) is 29.6 Å². The van der Waals surface area contributed by atoms with E-state index in [9.17, 15) is 4.39 Å². The first-order valence-corrected chi connectivity index (χ1v) is 7.41. The highest BCUT2D eigenvalue weighted by molar-refractivity contribution is 6.17. The average molecular weight is 270 g/mol. The van der Waals surface area contributed by atoms with Crippen molar-refractivity contribution in [2.24, 2.45) is 0 Å². The number of anilines is 1. The Bertz CT molecular complexity index is 392. The molecule has 0 aliphatic carbocycles. The Morgan fingerprint density at radius 1 is 1.39 bits per heavy atom. The molecule has 3 heteroatoms. The lowest BCUT2D eigenvalue weighted by Crippen LogP contribution is -2.40. The number of hydrogen-bond acceptors (Lipinski definition) is 1. The van der Waals surface area contributed by atoms with E-state index < -0.39 is 0 Å². The molecule has 18 heavy (non-hydrogen) atoms. The number of benzene rings is 1. The summed E-state index contributed by atoms with van der Waals surface area (Å²) < 4.78 is 13.8. The Balaban J connectivity index is 2.30. The Morgan fingerprint density at radius 3 is 2.94 bits per heavy atom. The summed E-state index contributed by atoms with van der Waals surface area (Å²) in [6, 6.07) is 5.85. The molecule has 1 unspecified atom stereocenters. The minimum atomic E-state index is -0.177. The van der Waals surface area contributed by atoms with Gasteiger partial charge in [-0.15, -0.1) is 11.6 Å². The molecule has 0 spiro atoms. The van der Waals surface area contributed by atoms with Gasteiger partial charge >= 0.3 is 0 Å². The van der Waals surface area contributed by atoms with Crippen molar-refractivity contribution in [1.29, 1.82) is 0 Å². The summed E-state index contributed by atoms with van der Waals surface area (Å²) in [6.07, 6.45) is 6.04. The number of hydrogen-bond donors (Lipinski definition) is 0. The number of halogens is 2. The third-order valence-corrected chi connectivity index (χ3v) is 4.05. The Hall–Kier alpha value is -0.760. The largest absolute Gasteiger partial charge is 0.368 e. The van der Waals surface area contributed by atoms with Gasteiger partial charge in [0.1, 0.15) is 5.82 Å². The van der Waals surface area contributed by atoms with Crippen molar-refractivity contribution < 1.29 is 4.39 Å². The first kappa shape index (κ1) is 13.7. The highest BCUT2D eigenvalue weighted by atomic mass is 35.5. The number of rotatable bonds is 4. The summed E-state index contributed by atoms with van der Waals surface area (Å²) in [4.78, 5) is 2.37. The zero-order chi connectivity index (χ0) is 13.0. The summed E-state index contributed by atoms with van der Waals surface area (Å²) >= 11 is 5.91. The molecule has 100 valence electrons. The summed E-state index contributed by atoms with van der Waals surface area (Å²) in [5.74, 6) is 0.0699. The first-order chi connectivity index (χ1) is 8.77. The molecule has 2 rings (SSSR count). The van der Waals surface area contributed by atoms with E-state index in [0.29, 0.717) is 11.6 Å². The molecule has 1 heterocycles. The van der Waals surface area contributed by atoms with Gasteiger partial charge in [0.15, 0.2) is 0 Å². The first-order valence-electron chi connectivity index (χ1n) is 6.88. The predicted octanol–water partition coefficient (Wildman–Crippen LogP) is 4.72. The number of alkyl halides is 1. The van der Waals surface area contributed by atoms with E-state index in [1.165, 1.54) is 38.2 Å². The van der Waals surface area contributed by atoms with Crippen LogP contribution in [-0.2, 0) is 5.88 Å². The van der Waals surface area contributed by atoms with Crippen LogP contribution in [0.1, 0.15) is 44.6 Å². The van der Waals surface area contributed by atoms with Crippen LogP contribution in [0, 0.1) is 5.82 Å². The van der Waals surface area contributed by atoms with Crippen LogP contribution in [0.5, 0.6) is 0 Å². The lowest BCUT2D eigenvalue weighted by atomic mass is 9.96. The number of piperidine rings is 1. The molecule has 1 atom stereocenters. The van der Waals surface area contributed by atoms with E-state index >= 15 is 0 Å². The highest BCUT2D eigenvalue weighted by Crippen LogP contribution is 2.31. The standard InChI is InChI=1S/C15H21ClFN/c1-2-6-12-7-3-4-10-18(12)15-9-5-8-14(17)13(15)11-16/h5,8-9,12H,2-4,6-7,10-11H2,1H3. The lowest BCUT2D eigenvalue weighted by Gasteiger charge is -2.38. The van der Waals surface area contributed by atoms with Crippen molar-refractivity contribution in [1.82, 2.24) is 0 Å². The van der Waals surface area contributed by atoms with Crippen LogP contribution < -0.4 is 4.90 Å². The van der Waals surface area contributed by atoms with Crippen molar-refractivity contribution in [3.8, 4) is 0 Å². The molecule has 1 aromatic carbocycles. The van der Waals surface area contributed by atoms with Gasteiger partial charge in [-0.05, 0) is 37.8 Å². The molecular formula is C15H21ClFN. The van der Waals surface area contributed by atoms with Gasteiger partial charge in [-0.3, -0.25) is 0 Å². The highest BCUT2D eigenvalue weighted by Gasteiger charge is 2.24. The second kappa shape index (κ2) is 6.42. The van der Waals surface area contributed by atoms with Gasteiger partial charge in [-0.1, -0.05) is 19.4 Å². The van der Waals surface area contributed by atoms with E-state index in [-0.39, 0.29) is 11.7 Å². The van der Waals surface area contributed by atoms with E-state index in [0.717, 1.165) is 12.2 Å². The molecule has 1 saturated heterocycles. The third-order valence-electron chi connectivity index (χ3n) is 3.79. The van der Waals surface area contributed by atoms with Crippen LogP contribution in [0.4, 0.5) is 10.1 Å². The van der Waals surface area contributed by atoms with Gasteiger partial charge < -0.3 is 4.90 Å². The minimum absolute atomic E-state index is 0.177. The van der Waals surface area contributed by atoms with E-state index in [2.05, 4.69) is 11.8 Å². The fourth-order valence-corrected chi connectivity index (χ4v) is 3.16. The van der Waals surface area contributed by atoms with Crippen molar-refractivity contribution in [3.63, 3.8) is 0 Å².